The van der Waals surface area contributed by atoms with Crippen LogP contribution in [0.5, 0.6) is 0 Å². The van der Waals surface area contributed by atoms with Crippen LogP contribution in [0.25, 0.3) is 10.1 Å². The summed E-state index contributed by atoms with van der Waals surface area (Å²) in [4.78, 5) is 31.0. The Bertz CT molecular complexity index is 919. The quantitative estimate of drug-likeness (QED) is 0.681. The van der Waals surface area contributed by atoms with Gasteiger partial charge in [0, 0.05) is 30.4 Å². The molecule has 6 nitrogen and oxygen atoms in total. The van der Waals surface area contributed by atoms with E-state index in [9.17, 15) is 9.59 Å². The van der Waals surface area contributed by atoms with Crippen LogP contribution in [0.2, 0.25) is 0 Å². The molecule has 0 N–H and O–H groups in total. The van der Waals surface area contributed by atoms with Gasteiger partial charge in [0.15, 0.2) is 0 Å². The van der Waals surface area contributed by atoms with E-state index >= 15 is 0 Å². The second kappa shape index (κ2) is 10.1. The molecule has 168 valence electrons. The Hall–Kier alpha value is -1.96. The van der Waals surface area contributed by atoms with Gasteiger partial charge in [0.25, 0.3) is 5.91 Å². The van der Waals surface area contributed by atoms with Crippen molar-refractivity contribution in [3.05, 3.63) is 34.7 Å². The highest BCUT2D eigenvalue weighted by Gasteiger charge is 2.31. The first-order valence-electron chi connectivity index (χ1n) is 11.3. The Balaban J connectivity index is 1.61. The second-order valence-electron chi connectivity index (χ2n) is 8.61. The molecule has 2 saturated heterocycles. The smallest absolute Gasteiger partial charge is 0.264 e. The number of likely N-dealkylation sites (tertiary alicyclic amines) is 1. The zero-order chi connectivity index (χ0) is 21.8. The molecule has 1 aromatic carbocycles. The van der Waals surface area contributed by atoms with E-state index in [-0.39, 0.29) is 30.6 Å². The molecule has 2 aromatic rings. The molecule has 0 saturated carbocycles. The van der Waals surface area contributed by atoms with Crippen LogP contribution in [0.1, 0.15) is 48.3 Å². The third-order valence-electron chi connectivity index (χ3n) is 6.12. The van der Waals surface area contributed by atoms with E-state index in [2.05, 4.69) is 12.1 Å². The first kappa shape index (κ1) is 22.2. The number of rotatable bonds is 6. The minimum atomic E-state index is 0.0331. The molecule has 1 aromatic heterocycles. The summed E-state index contributed by atoms with van der Waals surface area (Å²) >= 11 is 1.58. The van der Waals surface area contributed by atoms with Gasteiger partial charge >= 0.3 is 0 Å². The van der Waals surface area contributed by atoms with Crippen LogP contribution in [-0.2, 0) is 20.7 Å². The van der Waals surface area contributed by atoms with Gasteiger partial charge < -0.3 is 19.3 Å². The number of carbonyl (C=O) groups excluding carboxylic acids is 2. The van der Waals surface area contributed by atoms with E-state index in [4.69, 9.17) is 9.47 Å². The van der Waals surface area contributed by atoms with Crippen LogP contribution in [0.4, 0.5) is 0 Å². The molecule has 2 amide bonds. The summed E-state index contributed by atoms with van der Waals surface area (Å²) in [5.41, 5.74) is 1.09. The van der Waals surface area contributed by atoms with E-state index in [1.165, 1.54) is 0 Å². The Morgan fingerprint density at radius 3 is 2.71 bits per heavy atom. The van der Waals surface area contributed by atoms with Crippen LogP contribution in [0.15, 0.2) is 24.3 Å². The van der Waals surface area contributed by atoms with Crippen LogP contribution in [0, 0.1) is 0 Å². The normalized spacial score (nSPS) is 19.9. The lowest BCUT2D eigenvalue weighted by Crippen LogP contribution is -2.47. The standard InChI is InChI=1S/C24H32N2O4S/c1-17(2)30-16-22(27)26-10-6-5-7-18(26)15-20-19-8-3-4-9-21(19)31-23(20)24(28)25-11-13-29-14-12-25/h3-4,8-9,17-18H,5-7,10-16H2,1-2H3/t18-/m1/s1. The zero-order valence-corrected chi connectivity index (χ0v) is 19.3. The van der Waals surface area contributed by atoms with Gasteiger partial charge in [0.2, 0.25) is 5.91 Å². The van der Waals surface area contributed by atoms with Crippen LogP contribution in [0.3, 0.4) is 0 Å². The van der Waals surface area contributed by atoms with E-state index in [0.29, 0.717) is 32.7 Å². The highest BCUT2D eigenvalue weighted by Crippen LogP contribution is 2.35. The topological polar surface area (TPSA) is 59.1 Å². The highest BCUT2D eigenvalue weighted by atomic mass is 32.1. The second-order valence-corrected chi connectivity index (χ2v) is 9.66. The van der Waals surface area contributed by atoms with Crippen molar-refractivity contribution >= 4 is 33.2 Å². The predicted octanol–water partition coefficient (Wildman–Crippen LogP) is 3.72. The van der Waals surface area contributed by atoms with Crippen molar-refractivity contribution in [3.63, 3.8) is 0 Å². The number of fused-ring (bicyclic) bond motifs is 1. The average Bonchev–Trinajstić information content (AvgIpc) is 3.16. The van der Waals surface area contributed by atoms with Gasteiger partial charge in [0.1, 0.15) is 6.61 Å². The number of hydrogen-bond acceptors (Lipinski definition) is 5. The summed E-state index contributed by atoms with van der Waals surface area (Å²) in [6, 6.07) is 8.34. The van der Waals surface area contributed by atoms with Crippen molar-refractivity contribution < 1.29 is 19.1 Å². The molecule has 0 spiro atoms. The molecular formula is C24H32N2O4S. The van der Waals surface area contributed by atoms with Crippen LogP contribution < -0.4 is 0 Å². The SMILES string of the molecule is CC(C)OCC(=O)N1CCCC[C@@H]1Cc1c(C(=O)N2CCOCC2)sc2ccccc12. The third-order valence-corrected chi connectivity index (χ3v) is 7.32. The number of morpholine rings is 1. The van der Waals surface area contributed by atoms with E-state index in [1.807, 2.05) is 35.8 Å². The fourth-order valence-electron chi connectivity index (χ4n) is 4.48. The Kier molecular flexibility index (Phi) is 7.25. The molecule has 2 aliphatic heterocycles. The van der Waals surface area contributed by atoms with Gasteiger partial charge in [-0.2, -0.15) is 0 Å². The van der Waals surface area contributed by atoms with Crippen molar-refractivity contribution in [2.24, 2.45) is 0 Å². The number of thiophene rings is 1. The fourth-order valence-corrected chi connectivity index (χ4v) is 5.68. The predicted molar refractivity (Wildman–Crippen MR) is 123 cm³/mol. The van der Waals surface area contributed by atoms with Gasteiger partial charge in [-0.25, -0.2) is 0 Å². The minimum Gasteiger partial charge on any atom is -0.378 e. The molecule has 4 rings (SSSR count). The molecule has 2 aliphatic rings. The Morgan fingerprint density at radius 1 is 1.16 bits per heavy atom. The number of hydrogen-bond donors (Lipinski definition) is 0. The minimum absolute atomic E-state index is 0.0331. The summed E-state index contributed by atoms with van der Waals surface area (Å²) in [5, 5.41) is 1.14. The van der Waals surface area contributed by atoms with Gasteiger partial charge in [-0.05, 0) is 56.5 Å². The van der Waals surface area contributed by atoms with Crippen molar-refractivity contribution in [2.45, 2.75) is 51.7 Å². The molecule has 0 radical (unpaired) electrons. The maximum Gasteiger partial charge on any atom is 0.264 e. The van der Waals surface area contributed by atoms with Crippen molar-refractivity contribution in [2.75, 3.05) is 39.5 Å². The van der Waals surface area contributed by atoms with Crippen molar-refractivity contribution in [1.82, 2.24) is 9.80 Å². The lowest BCUT2D eigenvalue weighted by Gasteiger charge is -2.36. The molecule has 0 unspecified atom stereocenters. The molecule has 2 fully saturated rings. The maximum absolute atomic E-state index is 13.4. The number of amides is 2. The Morgan fingerprint density at radius 2 is 1.94 bits per heavy atom. The molecular weight excluding hydrogens is 412 g/mol. The summed E-state index contributed by atoms with van der Waals surface area (Å²) in [7, 11) is 0. The molecule has 0 aliphatic carbocycles. The zero-order valence-electron chi connectivity index (χ0n) is 18.5. The molecule has 3 heterocycles. The lowest BCUT2D eigenvalue weighted by molar-refractivity contribution is -0.141. The first-order chi connectivity index (χ1) is 15.0. The summed E-state index contributed by atoms with van der Waals surface area (Å²) in [5.74, 6) is 0.148. The summed E-state index contributed by atoms with van der Waals surface area (Å²) < 4.78 is 12.2. The van der Waals surface area contributed by atoms with Gasteiger partial charge in [-0.3, -0.25) is 9.59 Å². The summed E-state index contributed by atoms with van der Waals surface area (Å²) in [6.07, 6.45) is 3.83. The van der Waals surface area contributed by atoms with Crippen molar-refractivity contribution in [1.29, 1.82) is 0 Å². The van der Waals surface area contributed by atoms with Crippen LogP contribution >= 0.6 is 11.3 Å². The van der Waals surface area contributed by atoms with E-state index < -0.39 is 0 Å². The molecule has 0 bridgehead atoms. The van der Waals surface area contributed by atoms with Gasteiger partial charge in [-0.1, -0.05) is 18.2 Å². The fraction of sp³-hybridized carbons (Fsp3) is 0.583. The highest BCUT2D eigenvalue weighted by molar-refractivity contribution is 7.21. The molecule has 1 atom stereocenters. The third kappa shape index (κ3) is 5.10. The average molecular weight is 445 g/mol. The van der Waals surface area contributed by atoms with Gasteiger partial charge in [0.05, 0.1) is 24.2 Å². The van der Waals surface area contributed by atoms with Crippen molar-refractivity contribution in [3.8, 4) is 0 Å². The number of carbonyl (C=O) groups is 2. The Labute approximate surface area is 188 Å². The molecule has 31 heavy (non-hydrogen) atoms. The number of nitrogens with zero attached hydrogens (tertiary/aromatic N) is 2. The monoisotopic (exact) mass is 444 g/mol. The first-order valence-corrected chi connectivity index (χ1v) is 12.1. The summed E-state index contributed by atoms with van der Waals surface area (Å²) in [6.45, 7) is 7.22. The van der Waals surface area contributed by atoms with Gasteiger partial charge in [-0.15, -0.1) is 11.3 Å². The van der Waals surface area contributed by atoms with E-state index in [0.717, 1.165) is 46.3 Å². The largest absolute Gasteiger partial charge is 0.378 e. The maximum atomic E-state index is 13.4. The van der Waals surface area contributed by atoms with E-state index in [1.54, 1.807) is 11.3 Å². The molecule has 7 heteroatoms. The number of ether oxygens (including phenoxy) is 2. The number of piperidine rings is 1. The lowest BCUT2D eigenvalue weighted by atomic mass is 9.93. The number of benzene rings is 1. The van der Waals surface area contributed by atoms with Crippen LogP contribution in [-0.4, -0.2) is 73.2 Å².